The molecule has 0 N–H and O–H groups in total. The van der Waals surface area contributed by atoms with Crippen molar-refractivity contribution in [3.05, 3.63) is 11.5 Å². The second-order valence-corrected chi connectivity index (χ2v) is 6.32. The predicted molar refractivity (Wildman–Crippen MR) is 71.9 cm³/mol. The smallest absolute Gasteiger partial charge is 0.400 e. The normalized spacial score (nSPS) is 31.5. The van der Waals surface area contributed by atoms with Gasteiger partial charge in [-0.05, 0) is 52.4 Å². The van der Waals surface area contributed by atoms with Gasteiger partial charge in [-0.1, -0.05) is 25.3 Å². The van der Waals surface area contributed by atoms with E-state index in [1.54, 1.807) is 0 Å². The van der Waals surface area contributed by atoms with E-state index in [4.69, 9.17) is 9.31 Å². The van der Waals surface area contributed by atoms with Gasteiger partial charge in [0.2, 0.25) is 0 Å². The zero-order valence-electron chi connectivity index (χ0n) is 11.7. The van der Waals surface area contributed by atoms with Crippen LogP contribution in [0.15, 0.2) is 11.5 Å². The zero-order valence-corrected chi connectivity index (χ0v) is 11.7. The molecule has 3 heteroatoms. The van der Waals surface area contributed by atoms with Crippen LogP contribution in [0.4, 0.5) is 0 Å². The third kappa shape index (κ3) is 2.77. The molecule has 0 unspecified atom stereocenters. The second-order valence-electron chi connectivity index (χ2n) is 6.32. The van der Waals surface area contributed by atoms with Gasteiger partial charge in [-0.2, -0.15) is 0 Å². The lowest BCUT2D eigenvalue weighted by molar-refractivity contribution is 0.00578. The monoisotopic (exact) mass is 236 g/mol. The van der Waals surface area contributed by atoms with E-state index in [0.717, 1.165) is 6.42 Å². The van der Waals surface area contributed by atoms with Crippen LogP contribution in [-0.4, -0.2) is 18.3 Å². The van der Waals surface area contributed by atoms with Crippen LogP contribution in [-0.2, 0) is 9.31 Å². The van der Waals surface area contributed by atoms with Crippen molar-refractivity contribution in [2.75, 3.05) is 0 Å². The molecule has 2 aliphatic rings. The van der Waals surface area contributed by atoms with Gasteiger partial charge in [0, 0.05) is 0 Å². The van der Waals surface area contributed by atoms with Crippen LogP contribution in [0.3, 0.4) is 0 Å². The van der Waals surface area contributed by atoms with E-state index in [0.29, 0.717) is 0 Å². The molecule has 1 aliphatic heterocycles. The molecule has 0 aromatic heterocycles. The molecule has 0 bridgehead atoms. The number of rotatable bonds is 1. The van der Waals surface area contributed by atoms with Gasteiger partial charge in [-0.15, -0.1) is 0 Å². The molecule has 0 aromatic rings. The highest BCUT2D eigenvalue weighted by Gasteiger charge is 2.52. The summed E-state index contributed by atoms with van der Waals surface area (Å²) in [7, 11) is -0.113. The van der Waals surface area contributed by atoms with Gasteiger partial charge in [0.25, 0.3) is 0 Å². The molecule has 17 heavy (non-hydrogen) atoms. The third-order valence-electron chi connectivity index (χ3n) is 4.38. The third-order valence-corrected chi connectivity index (χ3v) is 4.38. The van der Waals surface area contributed by atoms with Gasteiger partial charge >= 0.3 is 7.12 Å². The minimum atomic E-state index is -0.207. The van der Waals surface area contributed by atoms with Crippen molar-refractivity contribution in [3.63, 3.8) is 0 Å². The SMILES string of the molecule is CC1(C)OB(/C2=C/CCCCCC2)OC1(C)C. The molecule has 1 aliphatic carbocycles. The van der Waals surface area contributed by atoms with Crippen molar-refractivity contribution in [3.8, 4) is 0 Å². The van der Waals surface area contributed by atoms with Crippen molar-refractivity contribution in [2.24, 2.45) is 0 Å². The molecule has 1 heterocycles. The maximum atomic E-state index is 6.11. The Morgan fingerprint density at radius 2 is 1.53 bits per heavy atom. The van der Waals surface area contributed by atoms with E-state index in [2.05, 4.69) is 33.8 Å². The summed E-state index contributed by atoms with van der Waals surface area (Å²) in [4.78, 5) is 0. The molecular formula is C14H25BO2. The Morgan fingerprint density at radius 3 is 2.18 bits per heavy atom. The average Bonchev–Trinajstić information content (AvgIpc) is 2.34. The van der Waals surface area contributed by atoms with Crippen LogP contribution in [0.5, 0.6) is 0 Å². The van der Waals surface area contributed by atoms with Gasteiger partial charge in [0.05, 0.1) is 11.2 Å². The molecule has 1 saturated heterocycles. The highest BCUT2D eigenvalue weighted by Crippen LogP contribution is 2.39. The summed E-state index contributed by atoms with van der Waals surface area (Å²) < 4.78 is 12.2. The fraction of sp³-hybridized carbons (Fsp3) is 0.857. The molecular weight excluding hydrogens is 211 g/mol. The predicted octanol–water partition coefficient (Wildman–Crippen LogP) is 3.90. The fourth-order valence-electron chi connectivity index (χ4n) is 2.43. The maximum Gasteiger partial charge on any atom is 0.490 e. The summed E-state index contributed by atoms with van der Waals surface area (Å²) in [6.45, 7) is 8.49. The van der Waals surface area contributed by atoms with Gasteiger partial charge in [0.1, 0.15) is 0 Å². The molecule has 0 amide bonds. The van der Waals surface area contributed by atoms with Crippen LogP contribution in [0, 0.1) is 0 Å². The Labute approximate surface area is 106 Å². The Kier molecular flexibility index (Phi) is 3.70. The standard InChI is InChI=1S/C14H25BO2/c1-13(2)14(3,4)17-15(16-13)12-10-8-6-5-7-9-11-12/h10H,5-9,11H2,1-4H3/b12-10+. The highest BCUT2D eigenvalue weighted by molar-refractivity contribution is 6.54. The lowest BCUT2D eigenvalue weighted by Crippen LogP contribution is -2.41. The average molecular weight is 236 g/mol. The largest absolute Gasteiger partial charge is 0.490 e. The van der Waals surface area contributed by atoms with E-state index in [1.165, 1.54) is 37.6 Å². The second kappa shape index (κ2) is 4.77. The van der Waals surface area contributed by atoms with Crippen LogP contribution < -0.4 is 0 Å². The minimum absolute atomic E-state index is 0.113. The first-order valence-electron chi connectivity index (χ1n) is 6.97. The Morgan fingerprint density at radius 1 is 0.941 bits per heavy atom. The zero-order chi connectivity index (χ0) is 12.5. The van der Waals surface area contributed by atoms with Crippen LogP contribution in [0.25, 0.3) is 0 Å². The number of allylic oxidation sites excluding steroid dienone is 2. The van der Waals surface area contributed by atoms with Crippen LogP contribution >= 0.6 is 0 Å². The summed E-state index contributed by atoms with van der Waals surface area (Å²) in [5, 5.41) is 0. The lowest BCUT2D eigenvalue weighted by atomic mass is 9.74. The van der Waals surface area contributed by atoms with E-state index in [1.807, 2.05) is 0 Å². The first kappa shape index (κ1) is 13.2. The van der Waals surface area contributed by atoms with Gasteiger partial charge in [0.15, 0.2) is 0 Å². The molecule has 2 nitrogen and oxygen atoms in total. The maximum absolute atomic E-state index is 6.11. The summed E-state index contributed by atoms with van der Waals surface area (Å²) in [5.74, 6) is 0. The molecule has 2 rings (SSSR count). The molecule has 0 radical (unpaired) electrons. The van der Waals surface area contributed by atoms with Crippen molar-refractivity contribution in [1.29, 1.82) is 0 Å². The van der Waals surface area contributed by atoms with Crippen LogP contribution in [0.1, 0.15) is 66.2 Å². The first-order chi connectivity index (χ1) is 7.92. The van der Waals surface area contributed by atoms with Crippen molar-refractivity contribution < 1.29 is 9.31 Å². The number of hydrogen-bond donors (Lipinski definition) is 0. The molecule has 0 spiro atoms. The van der Waals surface area contributed by atoms with Crippen molar-refractivity contribution in [2.45, 2.75) is 77.4 Å². The lowest BCUT2D eigenvalue weighted by Gasteiger charge is -2.32. The van der Waals surface area contributed by atoms with Crippen molar-refractivity contribution >= 4 is 7.12 Å². The Bertz CT molecular complexity index is 291. The Hall–Kier alpha value is -0.275. The summed E-state index contributed by atoms with van der Waals surface area (Å²) in [6, 6.07) is 0. The number of hydrogen-bond acceptors (Lipinski definition) is 2. The van der Waals surface area contributed by atoms with E-state index < -0.39 is 0 Å². The molecule has 0 atom stereocenters. The topological polar surface area (TPSA) is 18.5 Å². The quantitative estimate of drug-likeness (QED) is 0.643. The van der Waals surface area contributed by atoms with Crippen molar-refractivity contribution in [1.82, 2.24) is 0 Å². The summed E-state index contributed by atoms with van der Waals surface area (Å²) in [6.07, 6.45) is 9.96. The van der Waals surface area contributed by atoms with Gasteiger partial charge in [-0.25, -0.2) is 0 Å². The molecule has 1 fully saturated rings. The minimum Gasteiger partial charge on any atom is -0.400 e. The van der Waals surface area contributed by atoms with Gasteiger partial charge in [-0.3, -0.25) is 0 Å². The Balaban J connectivity index is 2.08. The van der Waals surface area contributed by atoms with E-state index in [-0.39, 0.29) is 18.3 Å². The fourth-order valence-corrected chi connectivity index (χ4v) is 2.43. The van der Waals surface area contributed by atoms with E-state index >= 15 is 0 Å². The molecule has 0 saturated carbocycles. The summed E-state index contributed by atoms with van der Waals surface area (Å²) >= 11 is 0. The summed E-state index contributed by atoms with van der Waals surface area (Å²) in [5.41, 5.74) is 0.949. The van der Waals surface area contributed by atoms with Gasteiger partial charge < -0.3 is 9.31 Å². The first-order valence-corrected chi connectivity index (χ1v) is 6.97. The van der Waals surface area contributed by atoms with Crippen LogP contribution in [0.2, 0.25) is 0 Å². The highest BCUT2D eigenvalue weighted by atomic mass is 16.7. The van der Waals surface area contributed by atoms with E-state index in [9.17, 15) is 0 Å². The molecule has 0 aromatic carbocycles. The molecule has 96 valence electrons.